The van der Waals surface area contributed by atoms with E-state index in [-0.39, 0.29) is 5.54 Å². The van der Waals surface area contributed by atoms with Crippen molar-refractivity contribution in [3.05, 3.63) is 30.5 Å². The van der Waals surface area contributed by atoms with Gasteiger partial charge < -0.3 is 15.2 Å². The van der Waals surface area contributed by atoms with E-state index >= 15 is 0 Å². The number of nitrogens with two attached hydrogens (primary N) is 1. The first-order chi connectivity index (χ1) is 9.05. The number of hydrogen-bond donors (Lipinski definition) is 1. The van der Waals surface area contributed by atoms with Gasteiger partial charge in [-0.3, -0.25) is 0 Å². The average molecular weight is 260 g/mol. The van der Waals surface area contributed by atoms with E-state index in [1.165, 1.54) is 0 Å². The predicted octanol–water partition coefficient (Wildman–Crippen LogP) is 2.75. The van der Waals surface area contributed by atoms with E-state index in [4.69, 9.17) is 15.2 Å². The van der Waals surface area contributed by atoms with Gasteiger partial charge in [-0.1, -0.05) is 13.0 Å². The normalized spacial score (nSPS) is 14.1. The zero-order chi connectivity index (χ0) is 13.9. The minimum Gasteiger partial charge on any atom is -0.497 e. The highest BCUT2D eigenvalue weighted by Gasteiger charge is 2.17. The molecule has 0 bridgehead atoms. The molecule has 1 heterocycles. The Hall–Kier alpha value is -1.81. The number of pyridine rings is 1. The first-order valence-electron chi connectivity index (χ1n) is 6.40. The van der Waals surface area contributed by atoms with Crippen LogP contribution in [0.1, 0.15) is 20.3 Å². The Morgan fingerprint density at radius 3 is 2.79 bits per heavy atom. The number of hydrogen-bond acceptors (Lipinski definition) is 4. The second kappa shape index (κ2) is 5.45. The molecule has 102 valence electrons. The molecule has 0 aliphatic carbocycles. The molecule has 0 radical (unpaired) electrons. The topological polar surface area (TPSA) is 57.4 Å². The van der Waals surface area contributed by atoms with Crippen molar-refractivity contribution in [3.8, 4) is 11.6 Å². The molecule has 0 aliphatic heterocycles. The standard InChI is InChI=1S/C15H20N2O2/c1-4-15(2,16)10-19-14-13-9-12(18-3)6-5-11(13)7-8-17-14/h5-9H,4,10,16H2,1-3H3. The molecule has 0 aliphatic rings. The quantitative estimate of drug-likeness (QED) is 0.898. The minimum absolute atomic E-state index is 0.345. The number of fused-ring (bicyclic) bond motifs is 1. The van der Waals surface area contributed by atoms with Gasteiger partial charge in [-0.05, 0) is 36.9 Å². The second-order valence-corrected chi connectivity index (χ2v) is 5.00. The van der Waals surface area contributed by atoms with Crippen LogP contribution >= 0.6 is 0 Å². The van der Waals surface area contributed by atoms with Gasteiger partial charge in [0.25, 0.3) is 0 Å². The average Bonchev–Trinajstić information content (AvgIpc) is 2.44. The Labute approximate surface area is 113 Å². The number of ether oxygens (including phenoxy) is 2. The Morgan fingerprint density at radius 2 is 2.11 bits per heavy atom. The molecule has 4 nitrogen and oxygen atoms in total. The van der Waals surface area contributed by atoms with Crippen molar-refractivity contribution >= 4 is 10.8 Å². The fourth-order valence-electron chi connectivity index (χ4n) is 1.70. The monoisotopic (exact) mass is 260 g/mol. The highest BCUT2D eigenvalue weighted by atomic mass is 16.5. The third-order valence-electron chi connectivity index (χ3n) is 3.28. The van der Waals surface area contributed by atoms with Crippen molar-refractivity contribution in [2.24, 2.45) is 5.73 Å². The Morgan fingerprint density at radius 1 is 1.32 bits per heavy atom. The van der Waals surface area contributed by atoms with Crippen molar-refractivity contribution < 1.29 is 9.47 Å². The molecular weight excluding hydrogens is 240 g/mol. The minimum atomic E-state index is -0.345. The first-order valence-corrected chi connectivity index (χ1v) is 6.40. The molecule has 1 atom stereocenters. The van der Waals surface area contributed by atoms with Crippen LogP contribution in [-0.2, 0) is 0 Å². The number of aromatic nitrogens is 1. The Kier molecular flexibility index (Phi) is 3.90. The van der Waals surface area contributed by atoms with Crippen LogP contribution in [-0.4, -0.2) is 24.2 Å². The van der Waals surface area contributed by atoms with Gasteiger partial charge in [-0.15, -0.1) is 0 Å². The number of nitrogens with zero attached hydrogens (tertiary/aromatic N) is 1. The molecule has 2 rings (SSSR count). The summed E-state index contributed by atoms with van der Waals surface area (Å²) in [6.07, 6.45) is 2.59. The second-order valence-electron chi connectivity index (χ2n) is 5.00. The molecule has 0 saturated carbocycles. The van der Waals surface area contributed by atoms with E-state index in [1.54, 1.807) is 13.3 Å². The maximum Gasteiger partial charge on any atom is 0.221 e. The first kappa shape index (κ1) is 13.6. The summed E-state index contributed by atoms with van der Waals surface area (Å²) >= 11 is 0. The largest absolute Gasteiger partial charge is 0.497 e. The van der Waals surface area contributed by atoms with Gasteiger partial charge >= 0.3 is 0 Å². The highest BCUT2D eigenvalue weighted by Crippen LogP contribution is 2.27. The van der Waals surface area contributed by atoms with Gasteiger partial charge in [0.1, 0.15) is 12.4 Å². The SMILES string of the molecule is CCC(C)(N)COc1nccc2ccc(OC)cc12. The summed E-state index contributed by atoms with van der Waals surface area (Å²) in [4.78, 5) is 4.29. The molecule has 1 aromatic heterocycles. The number of rotatable bonds is 5. The van der Waals surface area contributed by atoms with Crippen molar-refractivity contribution in [1.29, 1.82) is 0 Å². The predicted molar refractivity (Wildman–Crippen MR) is 76.7 cm³/mol. The fraction of sp³-hybridized carbons (Fsp3) is 0.400. The van der Waals surface area contributed by atoms with Crippen molar-refractivity contribution in [2.45, 2.75) is 25.8 Å². The lowest BCUT2D eigenvalue weighted by Crippen LogP contribution is -2.41. The van der Waals surface area contributed by atoms with E-state index in [0.717, 1.165) is 22.9 Å². The maximum absolute atomic E-state index is 6.09. The van der Waals surface area contributed by atoms with E-state index in [2.05, 4.69) is 4.98 Å². The lowest BCUT2D eigenvalue weighted by atomic mass is 10.0. The highest BCUT2D eigenvalue weighted by molar-refractivity contribution is 5.87. The van der Waals surface area contributed by atoms with Crippen LogP contribution in [0.15, 0.2) is 30.5 Å². The molecule has 4 heteroatoms. The van der Waals surface area contributed by atoms with Crippen molar-refractivity contribution in [1.82, 2.24) is 4.98 Å². The molecule has 2 N–H and O–H groups in total. The molecule has 0 amide bonds. The molecule has 0 spiro atoms. The van der Waals surface area contributed by atoms with Crippen molar-refractivity contribution in [3.63, 3.8) is 0 Å². The van der Waals surface area contributed by atoms with E-state index in [9.17, 15) is 0 Å². The van der Waals surface area contributed by atoms with Crippen LogP contribution in [0.3, 0.4) is 0 Å². The summed E-state index contributed by atoms with van der Waals surface area (Å²) < 4.78 is 11.0. The summed E-state index contributed by atoms with van der Waals surface area (Å²) in [6, 6.07) is 7.79. The zero-order valence-electron chi connectivity index (χ0n) is 11.6. The van der Waals surface area contributed by atoms with Gasteiger partial charge in [0.15, 0.2) is 0 Å². The fourth-order valence-corrected chi connectivity index (χ4v) is 1.70. The van der Waals surface area contributed by atoms with Crippen LogP contribution in [0.25, 0.3) is 10.8 Å². The summed E-state index contributed by atoms with van der Waals surface area (Å²) in [5, 5.41) is 2.01. The van der Waals surface area contributed by atoms with Gasteiger partial charge in [-0.2, -0.15) is 0 Å². The molecule has 19 heavy (non-hydrogen) atoms. The molecule has 2 aromatic rings. The van der Waals surface area contributed by atoms with Crippen LogP contribution in [0.2, 0.25) is 0 Å². The van der Waals surface area contributed by atoms with Gasteiger partial charge in [0.05, 0.1) is 7.11 Å². The van der Waals surface area contributed by atoms with Crippen LogP contribution in [0.4, 0.5) is 0 Å². The molecular formula is C15H20N2O2. The number of methoxy groups -OCH3 is 1. The summed E-state index contributed by atoms with van der Waals surface area (Å²) in [6.45, 7) is 4.45. The third-order valence-corrected chi connectivity index (χ3v) is 3.28. The Balaban J connectivity index is 2.32. The van der Waals surface area contributed by atoms with Crippen LogP contribution in [0, 0.1) is 0 Å². The smallest absolute Gasteiger partial charge is 0.221 e. The lowest BCUT2D eigenvalue weighted by molar-refractivity contribution is 0.221. The van der Waals surface area contributed by atoms with E-state index in [0.29, 0.717) is 12.5 Å². The maximum atomic E-state index is 6.09. The van der Waals surface area contributed by atoms with Gasteiger partial charge in [-0.25, -0.2) is 4.98 Å². The number of benzene rings is 1. The summed E-state index contributed by atoms with van der Waals surface area (Å²) in [7, 11) is 1.64. The lowest BCUT2D eigenvalue weighted by Gasteiger charge is -2.22. The zero-order valence-corrected chi connectivity index (χ0v) is 11.6. The molecule has 1 aromatic carbocycles. The van der Waals surface area contributed by atoms with Gasteiger partial charge in [0, 0.05) is 17.1 Å². The van der Waals surface area contributed by atoms with Crippen molar-refractivity contribution in [2.75, 3.05) is 13.7 Å². The van der Waals surface area contributed by atoms with Crippen LogP contribution < -0.4 is 15.2 Å². The molecule has 0 fully saturated rings. The van der Waals surface area contributed by atoms with Gasteiger partial charge in [0.2, 0.25) is 5.88 Å². The molecule has 0 saturated heterocycles. The van der Waals surface area contributed by atoms with E-state index in [1.807, 2.05) is 38.1 Å². The summed E-state index contributed by atoms with van der Waals surface area (Å²) in [5.74, 6) is 1.39. The Bertz CT molecular complexity index is 567. The van der Waals surface area contributed by atoms with Crippen LogP contribution in [0.5, 0.6) is 11.6 Å². The summed E-state index contributed by atoms with van der Waals surface area (Å²) in [5.41, 5.74) is 5.74. The molecule has 1 unspecified atom stereocenters. The third kappa shape index (κ3) is 3.15. The van der Waals surface area contributed by atoms with E-state index < -0.39 is 0 Å².